The molecule has 0 heterocycles. The molecule has 7 nitrogen and oxygen atoms in total. The van der Waals surface area contributed by atoms with Crippen LogP contribution in [0.25, 0.3) is 0 Å². The first-order valence-corrected chi connectivity index (χ1v) is 10.8. The summed E-state index contributed by atoms with van der Waals surface area (Å²) >= 11 is 0. The number of hydrogen-bond donors (Lipinski definition) is 0. The number of unbranched alkanes of at least 4 members (excludes halogenated alkanes) is 5. The zero-order valence-electron chi connectivity index (χ0n) is 18.2. The molecule has 0 aromatic heterocycles. The highest BCUT2D eigenvalue weighted by molar-refractivity contribution is 5.69. The van der Waals surface area contributed by atoms with Crippen LogP contribution in [-0.4, -0.2) is 78.6 Å². The van der Waals surface area contributed by atoms with Crippen LogP contribution in [0.1, 0.15) is 51.9 Å². The highest BCUT2D eigenvalue weighted by Gasteiger charge is 2.02. The number of esters is 1. The van der Waals surface area contributed by atoms with Gasteiger partial charge in [0.1, 0.15) is 13.2 Å². The lowest BCUT2D eigenvalue weighted by Gasteiger charge is -2.08. The summed E-state index contributed by atoms with van der Waals surface area (Å²) in [7, 11) is 0. The van der Waals surface area contributed by atoms with Crippen LogP contribution in [0.5, 0.6) is 0 Å². The average molecular weight is 417 g/mol. The highest BCUT2D eigenvalue weighted by Crippen LogP contribution is 2.07. The van der Waals surface area contributed by atoms with E-state index in [0.717, 1.165) is 12.8 Å². The molecular weight excluding hydrogens is 376 g/mol. The summed E-state index contributed by atoms with van der Waals surface area (Å²) in [6.45, 7) is 7.18. The zero-order chi connectivity index (χ0) is 21.3. The van der Waals surface area contributed by atoms with Gasteiger partial charge in [-0.3, -0.25) is 4.79 Å². The number of carbonyl (C=O) groups excluding carboxylic acids is 1. The van der Waals surface area contributed by atoms with Crippen LogP contribution in [0.15, 0.2) is 0 Å². The van der Waals surface area contributed by atoms with E-state index in [4.69, 9.17) is 34.8 Å². The van der Waals surface area contributed by atoms with Gasteiger partial charge in [0.05, 0.1) is 59.5 Å². The molecule has 0 saturated carbocycles. The fraction of sp³-hybridized carbons (Fsp3) is 0.864. The Balaban J connectivity index is 3.11. The topological polar surface area (TPSA) is 72.5 Å². The predicted molar refractivity (Wildman–Crippen MR) is 112 cm³/mol. The highest BCUT2D eigenvalue weighted by atomic mass is 16.6. The third kappa shape index (κ3) is 24.8. The lowest BCUT2D eigenvalue weighted by atomic mass is 10.1. The van der Waals surface area contributed by atoms with Gasteiger partial charge in [-0.05, 0) is 6.42 Å². The molecule has 0 fully saturated rings. The number of carbonyl (C=O) groups is 1. The molecule has 0 aliphatic heterocycles. The van der Waals surface area contributed by atoms with Crippen molar-refractivity contribution in [2.45, 2.75) is 51.9 Å². The van der Waals surface area contributed by atoms with Gasteiger partial charge in [0.2, 0.25) is 0 Å². The summed E-state index contributed by atoms with van der Waals surface area (Å²) < 4.78 is 31.6. The molecule has 170 valence electrons. The van der Waals surface area contributed by atoms with E-state index in [9.17, 15) is 4.79 Å². The van der Waals surface area contributed by atoms with E-state index in [1.165, 1.54) is 25.7 Å². The average Bonchev–Trinajstić information content (AvgIpc) is 2.73. The van der Waals surface area contributed by atoms with Crippen molar-refractivity contribution in [3.05, 3.63) is 0 Å². The van der Waals surface area contributed by atoms with Crippen LogP contribution >= 0.6 is 0 Å². The summed E-state index contributed by atoms with van der Waals surface area (Å²) in [5, 5.41) is 0. The second kappa shape index (κ2) is 24.9. The predicted octanol–water partition coefficient (Wildman–Crippen LogP) is 3.00. The Bertz CT molecular complexity index is 382. The van der Waals surface area contributed by atoms with Crippen molar-refractivity contribution in [3.8, 4) is 12.3 Å². The Labute approximate surface area is 176 Å². The van der Waals surface area contributed by atoms with Gasteiger partial charge in [0, 0.05) is 6.42 Å². The molecule has 0 bridgehead atoms. The van der Waals surface area contributed by atoms with Crippen molar-refractivity contribution >= 4 is 5.97 Å². The van der Waals surface area contributed by atoms with Crippen LogP contribution in [0.2, 0.25) is 0 Å². The zero-order valence-corrected chi connectivity index (χ0v) is 18.2. The first-order chi connectivity index (χ1) is 14.3. The van der Waals surface area contributed by atoms with E-state index in [2.05, 4.69) is 12.8 Å². The van der Waals surface area contributed by atoms with Crippen molar-refractivity contribution in [3.63, 3.8) is 0 Å². The molecule has 0 atom stereocenters. The number of terminal acetylenes is 1. The summed E-state index contributed by atoms with van der Waals surface area (Å²) in [4.78, 5) is 11.6. The lowest BCUT2D eigenvalue weighted by Crippen LogP contribution is -2.15. The maximum Gasteiger partial charge on any atom is 0.305 e. The Morgan fingerprint density at radius 3 is 1.62 bits per heavy atom. The molecular formula is C22H40O7. The van der Waals surface area contributed by atoms with Gasteiger partial charge in [-0.25, -0.2) is 0 Å². The summed E-state index contributed by atoms with van der Waals surface area (Å²) in [5.41, 5.74) is 0. The van der Waals surface area contributed by atoms with Crippen molar-refractivity contribution in [1.29, 1.82) is 0 Å². The smallest absolute Gasteiger partial charge is 0.305 e. The number of ether oxygens (including phenoxy) is 6. The Kier molecular flexibility index (Phi) is 23.9. The van der Waals surface area contributed by atoms with Crippen LogP contribution in [0, 0.1) is 12.3 Å². The molecule has 0 aromatic rings. The van der Waals surface area contributed by atoms with Gasteiger partial charge in [-0.15, -0.1) is 6.42 Å². The molecule has 0 unspecified atom stereocenters. The van der Waals surface area contributed by atoms with E-state index in [-0.39, 0.29) is 5.97 Å². The molecule has 7 heteroatoms. The largest absolute Gasteiger partial charge is 0.463 e. The fourth-order valence-electron chi connectivity index (χ4n) is 2.35. The summed E-state index contributed by atoms with van der Waals surface area (Å²) in [6.07, 6.45) is 12.5. The van der Waals surface area contributed by atoms with Gasteiger partial charge < -0.3 is 28.4 Å². The van der Waals surface area contributed by atoms with Gasteiger partial charge in [-0.2, -0.15) is 0 Å². The molecule has 0 rings (SSSR count). The van der Waals surface area contributed by atoms with Gasteiger partial charge in [0.25, 0.3) is 0 Å². The molecule has 0 amide bonds. The SMILES string of the molecule is C#CCOCCOCCOCCOCCOCCOC(=O)CCCCCCCC. The van der Waals surface area contributed by atoms with E-state index >= 15 is 0 Å². The summed E-state index contributed by atoms with van der Waals surface area (Å²) in [6, 6.07) is 0. The third-order valence-corrected chi connectivity index (χ3v) is 3.90. The minimum absolute atomic E-state index is 0.137. The lowest BCUT2D eigenvalue weighted by molar-refractivity contribution is -0.145. The second-order valence-electron chi connectivity index (χ2n) is 6.44. The molecule has 0 aromatic carbocycles. The monoisotopic (exact) mass is 416 g/mol. The van der Waals surface area contributed by atoms with E-state index < -0.39 is 0 Å². The maximum absolute atomic E-state index is 11.6. The van der Waals surface area contributed by atoms with Crippen LogP contribution in [0.3, 0.4) is 0 Å². The summed E-state index contributed by atoms with van der Waals surface area (Å²) in [5.74, 6) is 2.25. The first-order valence-electron chi connectivity index (χ1n) is 10.8. The van der Waals surface area contributed by atoms with Crippen LogP contribution in [-0.2, 0) is 33.2 Å². The minimum Gasteiger partial charge on any atom is -0.463 e. The van der Waals surface area contributed by atoms with Crippen LogP contribution in [0.4, 0.5) is 0 Å². The Hall–Kier alpha value is -1.17. The molecule has 29 heavy (non-hydrogen) atoms. The van der Waals surface area contributed by atoms with E-state index in [1.54, 1.807) is 0 Å². The van der Waals surface area contributed by atoms with Gasteiger partial charge in [-0.1, -0.05) is 44.9 Å². The Morgan fingerprint density at radius 1 is 0.655 bits per heavy atom. The van der Waals surface area contributed by atoms with Gasteiger partial charge >= 0.3 is 5.97 Å². The van der Waals surface area contributed by atoms with Crippen molar-refractivity contribution in [2.24, 2.45) is 0 Å². The number of rotatable bonds is 23. The Morgan fingerprint density at radius 2 is 1.10 bits per heavy atom. The normalized spacial score (nSPS) is 10.8. The standard InChI is InChI=1S/C22H40O7/c1-3-5-6-7-8-9-10-22(23)29-21-20-28-19-18-27-17-16-26-15-14-25-13-12-24-11-4-2/h2H,3,5-21H2,1H3. The van der Waals surface area contributed by atoms with Crippen molar-refractivity contribution in [1.82, 2.24) is 0 Å². The molecule has 0 spiro atoms. The fourth-order valence-corrected chi connectivity index (χ4v) is 2.35. The quantitative estimate of drug-likeness (QED) is 0.144. The van der Waals surface area contributed by atoms with E-state index in [0.29, 0.717) is 79.1 Å². The maximum atomic E-state index is 11.6. The molecule has 0 aliphatic carbocycles. The molecule has 0 saturated heterocycles. The molecule has 0 radical (unpaired) electrons. The second-order valence-corrected chi connectivity index (χ2v) is 6.44. The molecule has 0 N–H and O–H groups in total. The number of hydrogen-bond acceptors (Lipinski definition) is 7. The van der Waals surface area contributed by atoms with E-state index in [1.807, 2.05) is 0 Å². The van der Waals surface area contributed by atoms with Crippen LogP contribution < -0.4 is 0 Å². The van der Waals surface area contributed by atoms with Crippen molar-refractivity contribution < 1.29 is 33.2 Å². The minimum atomic E-state index is -0.137. The molecule has 0 aliphatic rings. The first kappa shape index (κ1) is 27.8. The van der Waals surface area contributed by atoms with Gasteiger partial charge in [0.15, 0.2) is 0 Å². The third-order valence-electron chi connectivity index (χ3n) is 3.90. The van der Waals surface area contributed by atoms with Crippen molar-refractivity contribution in [2.75, 3.05) is 72.7 Å².